The van der Waals surface area contributed by atoms with E-state index in [0.717, 1.165) is 43.1 Å². The van der Waals surface area contributed by atoms with Gasteiger partial charge in [0.05, 0.1) is 17.1 Å². The first-order valence-electron chi connectivity index (χ1n) is 6.87. The van der Waals surface area contributed by atoms with Crippen LogP contribution in [-0.2, 0) is 10.3 Å². The predicted octanol–water partition coefficient (Wildman–Crippen LogP) is 1.99. The molecule has 0 saturated heterocycles. The number of primary amides is 1. The van der Waals surface area contributed by atoms with E-state index < -0.39 is 11.7 Å². The number of carbonyl (C=O) groups is 1. The van der Waals surface area contributed by atoms with Crippen molar-refractivity contribution >= 4 is 28.7 Å². The van der Waals surface area contributed by atoms with E-state index in [1.54, 1.807) is 6.20 Å². The number of fused-ring (bicyclic) bond motifs is 3. The van der Waals surface area contributed by atoms with Gasteiger partial charge in [-0.2, -0.15) is 5.10 Å². The molecular formula is C13H14ClN5O2. The topological polar surface area (TPSA) is 95.9 Å². The number of nitrogens with zero attached hydrogens (tertiary/aromatic N) is 4. The van der Waals surface area contributed by atoms with Crippen LogP contribution < -0.4 is 5.73 Å². The van der Waals surface area contributed by atoms with Crippen LogP contribution in [0.15, 0.2) is 12.5 Å². The maximum atomic E-state index is 11.1. The van der Waals surface area contributed by atoms with Gasteiger partial charge in [-0.15, -0.1) is 0 Å². The number of amides is 1. The van der Waals surface area contributed by atoms with Crippen LogP contribution in [0.5, 0.6) is 0 Å². The molecule has 2 saturated carbocycles. The molecule has 110 valence electrons. The average molecular weight is 308 g/mol. The number of rotatable bonds is 2. The molecule has 0 atom stereocenters. The smallest absolute Gasteiger partial charge is 0.405 e. The molecule has 2 aliphatic rings. The van der Waals surface area contributed by atoms with E-state index in [-0.39, 0.29) is 5.54 Å². The Labute approximate surface area is 125 Å². The lowest BCUT2D eigenvalue weighted by atomic mass is 9.93. The molecule has 4 rings (SSSR count). The number of hydrogen-bond acceptors (Lipinski definition) is 5. The Kier molecular flexibility index (Phi) is 2.48. The van der Waals surface area contributed by atoms with E-state index in [1.807, 2.05) is 4.68 Å². The highest BCUT2D eigenvalue weighted by Gasteiger charge is 2.58. The highest BCUT2D eigenvalue weighted by Crippen LogP contribution is 2.57. The van der Waals surface area contributed by atoms with Crippen LogP contribution in [-0.4, -0.2) is 31.4 Å². The Morgan fingerprint density at radius 2 is 2.10 bits per heavy atom. The molecule has 1 amide bonds. The second-order valence-corrected chi connectivity index (χ2v) is 6.32. The lowest BCUT2D eigenvalue weighted by Gasteiger charge is -2.27. The third kappa shape index (κ3) is 1.73. The van der Waals surface area contributed by atoms with E-state index in [2.05, 4.69) is 15.1 Å². The van der Waals surface area contributed by atoms with Crippen molar-refractivity contribution in [2.45, 2.75) is 43.2 Å². The minimum absolute atomic E-state index is 0.172. The van der Waals surface area contributed by atoms with Gasteiger partial charge in [0.15, 0.2) is 5.65 Å². The standard InChI is InChI=1S/C13H14ClN5O2/c14-9-8-5-18-19(10(8)17-7-16-9)12-1-3-13(6-12,4-2-12)21-11(15)20/h5,7H,1-4,6H2,(H2,15,20). The molecule has 2 aromatic heterocycles. The number of hydrogen-bond donors (Lipinski definition) is 1. The van der Waals surface area contributed by atoms with Gasteiger partial charge in [-0.1, -0.05) is 11.6 Å². The number of nitrogens with two attached hydrogens (primary N) is 1. The van der Waals surface area contributed by atoms with Crippen molar-refractivity contribution in [2.24, 2.45) is 5.73 Å². The van der Waals surface area contributed by atoms with Crippen molar-refractivity contribution in [3.05, 3.63) is 17.7 Å². The summed E-state index contributed by atoms with van der Waals surface area (Å²) in [5, 5.41) is 5.62. The van der Waals surface area contributed by atoms with Gasteiger partial charge in [-0.25, -0.2) is 19.4 Å². The van der Waals surface area contributed by atoms with Crippen molar-refractivity contribution < 1.29 is 9.53 Å². The quantitative estimate of drug-likeness (QED) is 0.856. The summed E-state index contributed by atoms with van der Waals surface area (Å²) in [6.45, 7) is 0. The molecule has 2 heterocycles. The molecular weight excluding hydrogens is 294 g/mol. The Morgan fingerprint density at radius 1 is 1.33 bits per heavy atom. The summed E-state index contributed by atoms with van der Waals surface area (Å²) in [6, 6.07) is 0. The predicted molar refractivity (Wildman–Crippen MR) is 74.8 cm³/mol. The monoisotopic (exact) mass is 307 g/mol. The maximum Gasteiger partial charge on any atom is 0.405 e. The first kappa shape index (κ1) is 12.8. The van der Waals surface area contributed by atoms with Gasteiger partial charge in [-0.3, -0.25) is 0 Å². The van der Waals surface area contributed by atoms with Crippen molar-refractivity contribution in [1.29, 1.82) is 0 Å². The van der Waals surface area contributed by atoms with E-state index in [4.69, 9.17) is 22.1 Å². The first-order valence-corrected chi connectivity index (χ1v) is 7.25. The lowest BCUT2D eigenvalue weighted by Crippen LogP contribution is -2.32. The zero-order chi connectivity index (χ0) is 14.7. The highest BCUT2D eigenvalue weighted by atomic mass is 35.5. The van der Waals surface area contributed by atoms with E-state index in [0.29, 0.717) is 5.15 Å². The minimum atomic E-state index is -0.705. The largest absolute Gasteiger partial charge is 0.443 e. The van der Waals surface area contributed by atoms with Crippen molar-refractivity contribution in [2.75, 3.05) is 0 Å². The van der Waals surface area contributed by atoms with Gasteiger partial charge >= 0.3 is 6.09 Å². The van der Waals surface area contributed by atoms with Gasteiger partial charge in [0, 0.05) is 6.42 Å². The fraction of sp³-hybridized carbons (Fsp3) is 0.538. The third-order valence-corrected chi connectivity index (χ3v) is 5.13. The minimum Gasteiger partial charge on any atom is -0.443 e. The molecule has 0 unspecified atom stereocenters. The molecule has 2 aliphatic carbocycles. The van der Waals surface area contributed by atoms with Crippen molar-refractivity contribution in [3.63, 3.8) is 0 Å². The molecule has 8 heteroatoms. The highest BCUT2D eigenvalue weighted by molar-refractivity contribution is 6.33. The molecule has 7 nitrogen and oxygen atoms in total. The molecule has 0 radical (unpaired) electrons. The van der Waals surface area contributed by atoms with Crippen LogP contribution >= 0.6 is 11.6 Å². The van der Waals surface area contributed by atoms with E-state index in [1.165, 1.54) is 6.33 Å². The Hall–Kier alpha value is -1.89. The van der Waals surface area contributed by atoms with Crippen LogP contribution in [0.4, 0.5) is 4.79 Å². The molecule has 0 spiro atoms. The summed E-state index contributed by atoms with van der Waals surface area (Å²) in [5.41, 5.74) is 5.32. The summed E-state index contributed by atoms with van der Waals surface area (Å²) in [6.07, 6.45) is 6.53. The van der Waals surface area contributed by atoms with Gasteiger partial charge in [0.1, 0.15) is 17.1 Å². The summed E-state index contributed by atoms with van der Waals surface area (Å²) < 4.78 is 7.31. The second kappa shape index (κ2) is 4.07. The second-order valence-electron chi connectivity index (χ2n) is 5.96. The summed E-state index contributed by atoms with van der Waals surface area (Å²) >= 11 is 6.08. The van der Waals surface area contributed by atoms with Gasteiger partial charge in [-0.05, 0) is 25.7 Å². The third-order valence-electron chi connectivity index (χ3n) is 4.83. The molecule has 2 bridgehead atoms. The van der Waals surface area contributed by atoms with Gasteiger partial charge < -0.3 is 10.5 Å². The normalized spacial score (nSPS) is 30.9. The number of aromatic nitrogens is 4. The summed E-state index contributed by atoms with van der Waals surface area (Å²) in [5.74, 6) is 0. The van der Waals surface area contributed by atoms with Crippen LogP contribution in [0.25, 0.3) is 11.0 Å². The zero-order valence-electron chi connectivity index (χ0n) is 11.3. The van der Waals surface area contributed by atoms with Gasteiger partial charge in [0.2, 0.25) is 0 Å². The average Bonchev–Trinajstić information content (AvgIpc) is 3.09. The fourth-order valence-corrected chi connectivity index (χ4v) is 4.10. The molecule has 2 N–H and O–H groups in total. The van der Waals surface area contributed by atoms with Crippen LogP contribution in [0, 0.1) is 0 Å². The Morgan fingerprint density at radius 3 is 2.81 bits per heavy atom. The number of ether oxygens (including phenoxy) is 1. The van der Waals surface area contributed by atoms with Crippen LogP contribution in [0.3, 0.4) is 0 Å². The number of halogens is 1. The molecule has 0 aliphatic heterocycles. The van der Waals surface area contributed by atoms with Crippen LogP contribution in [0.1, 0.15) is 32.1 Å². The molecule has 2 aromatic rings. The maximum absolute atomic E-state index is 11.1. The molecule has 2 fully saturated rings. The number of carbonyl (C=O) groups excluding carboxylic acids is 1. The van der Waals surface area contributed by atoms with Crippen molar-refractivity contribution in [3.8, 4) is 0 Å². The van der Waals surface area contributed by atoms with Crippen molar-refractivity contribution in [1.82, 2.24) is 19.7 Å². The Bertz CT molecular complexity index is 735. The van der Waals surface area contributed by atoms with E-state index in [9.17, 15) is 4.79 Å². The Balaban J connectivity index is 1.77. The first-order chi connectivity index (χ1) is 10.0. The molecule has 21 heavy (non-hydrogen) atoms. The zero-order valence-corrected chi connectivity index (χ0v) is 12.0. The summed E-state index contributed by atoms with van der Waals surface area (Å²) in [4.78, 5) is 19.4. The molecule has 0 aromatic carbocycles. The van der Waals surface area contributed by atoms with Crippen LogP contribution in [0.2, 0.25) is 5.15 Å². The lowest BCUT2D eigenvalue weighted by molar-refractivity contribution is 0.0251. The van der Waals surface area contributed by atoms with Gasteiger partial charge in [0.25, 0.3) is 0 Å². The summed E-state index contributed by atoms with van der Waals surface area (Å²) in [7, 11) is 0. The van der Waals surface area contributed by atoms with E-state index >= 15 is 0 Å². The SMILES string of the molecule is NC(=O)OC12CCC(n3ncc4c(Cl)ncnc43)(CC1)C2. The fourth-order valence-electron chi connectivity index (χ4n) is 3.93.